The molecule has 1 unspecified atom stereocenters. The van der Waals surface area contributed by atoms with Crippen LogP contribution in [0.2, 0.25) is 0 Å². The Hall–Kier alpha value is -4.07. The summed E-state index contributed by atoms with van der Waals surface area (Å²) in [6.45, 7) is 6.73. The summed E-state index contributed by atoms with van der Waals surface area (Å²) in [6.07, 6.45) is 1.57. The first-order valence-electron chi connectivity index (χ1n) is 11.4. The van der Waals surface area contributed by atoms with Crippen molar-refractivity contribution in [3.63, 3.8) is 0 Å². The maximum absolute atomic E-state index is 13.8. The van der Waals surface area contributed by atoms with Gasteiger partial charge in [0.2, 0.25) is 0 Å². The van der Waals surface area contributed by atoms with E-state index in [0.29, 0.717) is 47.1 Å². The van der Waals surface area contributed by atoms with Gasteiger partial charge in [-0.05, 0) is 57.2 Å². The third-order valence-corrected chi connectivity index (χ3v) is 5.54. The van der Waals surface area contributed by atoms with Crippen LogP contribution in [0.5, 0.6) is 5.75 Å². The van der Waals surface area contributed by atoms with E-state index in [1.807, 2.05) is 63.2 Å². The van der Waals surface area contributed by atoms with Gasteiger partial charge in [0.05, 0.1) is 42.0 Å². The average molecular weight is 461 g/mol. The van der Waals surface area contributed by atoms with Crippen LogP contribution in [0.25, 0.3) is 16.6 Å². The average Bonchev–Trinajstić information content (AvgIpc) is 3.36. The van der Waals surface area contributed by atoms with Gasteiger partial charge in [-0.3, -0.25) is 9.36 Å². The SMILES string of the molecule is CCNC(=O)N(Cc1ccco1)C(C)c1nc2ccccc2c(=O)n1-c1ccccc1OCC. The summed E-state index contributed by atoms with van der Waals surface area (Å²) in [5, 5.41) is 3.34. The fourth-order valence-corrected chi connectivity index (χ4v) is 3.93. The Labute approximate surface area is 197 Å². The second kappa shape index (κ2) is 10.2. The number of carbonyl (C=O) groups is 1. The van der Waals surface area contributed by atoms with Gasteiger partial charge >= 0.3 is 6.03 Å². The van der Waals surface area contributed by atoms with Gasteiger partial charge in [0.15, 0.2) is 0 Å². The van der Waals surface area contributed by atoms with Crippen LogP contribution in [0.1, 0.15) is 38.4 Å². The smallest absolute Gasteiger partial charge is 0.318 e. The number of carbonyl (C=O) groups excluding carboxylic acids is 1. The van der Waals surface area contributed by atoms with Gasteiger partial charge < -0.3 is 19.4 Å². The van der Waals surface area contributed by atoms with Crippen LogP contribution in [0.15, 0.2) is 76.1 Å². The molecule has 0 aliphatic carbocycles. The number of nitrogens with one attached hydrogen (secondary N) is 1. The molecule has 0 spiro atoms. The van der Waals surface area contributed by atoms with Crippen LogP contribution in [-0.2, 0) is 6.54 Å². The third-order valence-electron chi connectivity index (χ3n) is 5.54. The Morgan fingerprint density at radius 2 is 1.88 bits per heavy atom. The number of ether oxygens (including phenoxy) is 1. The summed E-state index contributed by atoms with van der Waals surface area (Å²) in [4.78, 5) is 33.3. The number of furan rings is 1. The molecule has 2 aromatic heterocycles. The molecule has 0 aliphatic rings. The zero-order chi connectivity index (χ0) is 24.1. The van der Waals surface area contributed by atoms with E-state index in [-0.39, 0.29) is 18.1 Å². The molecule has 4 aromatic rings. The summed E-state index contributed by atoms with van der Waals surface area (Å²) in [5.74, 6) is 1.62. The van der Waals surface area contributed by atoms with E-state index >= 15 is 0 Å². The van der Waals surface area contributed by atoms with Gasteiger partial charge in [0, 0.05) is 6.54 Å². The molecule has 0 fully saturated rings. The van der Waals surface area contributed by atoms with Crippen molar-refractivity contribution in [2.75, 3.05) is 13.2 Å². The van der Waals surface area contributed by atoms with Crippen LogP contribution in [-0.4, -0.2) is 33.6 Å². The van der Waals surface area contributed by atoms with Crippen molar-refractivity contribution in [1.29, 1.82) is 0 Å². The normalized spacial score (nSPS) is 11.9. The van der Waals surface area contributed by atoms with E-state index in [1.165, 1.54) is 0 Å². The van der Waals surface area contributed by atoms with Crippen molar-refractivity contribution in [2.24, 2.45) is 0 Å². The minimum absolute atomic E-state index is 0.218. The van der Waals surface area contributed by atoms with E-state index in [9.17, 15) is 9.59 Å². The molecule has 4 rings (SSSR count). The molecule has 0 bridgehead atoms. The number of aromatic nitrogens is 2. The second-order valence-electron chi connectivity index (χ2n) is 7.75. The molecular weight excluding hydrogens is 432 g/mol. The topological polar surface area (TPSA) is 89.6 Å². The van der Waals surface area contributed by atoms with Gasteiger partial charge in [-0.1, -0.05) is 24.3 Å². The van der Waals surface area contributed by atoms with E-state index in [1.54, 1.807) is 33.9 Å². The van der Waals surface area contributed by atoms with Gasteiger partial charge in [-0.15, -0.1) is 0 Å². The lowest BCUT2D eigenvalue weighted by atomic mass is 10.1. The molecule has 8 heteroatoms. The summed E-state index contributed by atoms with van der Waals surface area (Å²) >= 11 is 0. The standard InChI is InChI=1S/C26H28N4O4/c1-4-27-26(32)29(17-19-11-10-16-34-19)18(3)24-28-21-13-7-6-12-20(21)25(31)30(24)22-14-8-9-15-23(22)33-5-2/h6-16,18H,4-5,17H2,1-3H3,(H,27,32). The lowest BCUT2D eigenvalue weighted by Crippen LogP contribution is -2.42. The molecule has 0 saturated carbocycles. The number of para-hydroxylation sites is 3. The summed E-state index contributed by atoms with van der Waals surface area (Å²) in [7, 11) is 0. The van der Waals surface area contributed by atoms with Crippen molar-refractivity contribution >= 4 is 16.9 Å². The molecule has 2 heterocycles. The molecule has 34 heavy (non-hydrogen) atoms. The predicted octanol–water partition coefficient (Wildman–Crippen LogP) is 4.67. The van der Waals surface area contributed by atoms with E-state index < -0.39 is 6.04 Å². The Morgan fingerprint density at radius 1 is 1.12 bits per heavy atom. The maximum Gasteiger partial charge on any atom is 0.318 e. The molecule has 176 valence electrons. The van der Waals surface area contributed by atoms with Gasteiger partial charge in [0.25, 0.3) is 5.56 Å². The minimum atomic E-state index is -0.566. The van der Waals surface area contributed by atoms with Crippen molar-refractivity contribution in [2.45, 2.75) is 33.4 Å². The zero-order valence-corrected chi connectivity index (χ0v) is 19.5. The number of urea groups is 1. The quantitative estimate of drug-likeness (QED) is 0.413. The number of amides is 2. The van der Waals surface area contributed by atoms with Gasteiger partial charge in [0.1, 0.15) is 17.3 Å². The van der Waals surface area contributed by atoms with Crippen LogP contribution in [0.3, 0.4) is 0 Å². The van der Waals surface area contributed by atoms with Crippen LogP contribution in [0.4, 0.5) is 4.79 Å². The first-order valence-corrected chi connectivity index (χ1v) is 11.4. The number of benzene rings is 2. The Bertz CT molecular complexity index is 1330. The predicted molar refractivity (Wildman–Crippen MR) is 130 cm³/mol. The summed E-state index contributed by atoms with van der Waals surface area (Å²) in [5.41, 5.74) is 0.907. The molecular formula is C26H28N4O4. The number of hydrogen-bond donors (Lipinski definition) is 1. The molecule has 1 atom stereocenters. The van der Waals surface area contributed by atoms with Crippen molar-refractivity contribution in [3.8, 4) is 11.4 Å². The van der Waals surface area contributed by atoms with Crippen molar-refractivity contribution < 1.29 is 13.9 Å². The highest BCUT2D eigenvalue weighted by atomic mass is 16.5. The zero-order valence-electron chi connectivity index (χ0n) is 19.5. The van der Waals surface area contributed by atoms with Gasteiger partial charge in [-0.25, -0.2) is 9.78 Å². The van der Waals surface area contributed by atoms with Crippen LogP contribution in [0, 0.1) is 0 Å². The first-order chi connectivity index (χ1) is 16.5. The molecule has 8 nitrogen and oxygen atoms in total. The van der Waals surface area contributed by atoms with Crippen molar-refractivity contribution in [3.05, 3.63) is 88.9 Å². The Morgan fingerprint density at radius 3 is 2.62 bits per heavy atom. The fraction of sp³-hybridized carbons (Fsp3) is 0.269. The fourth-order valence-electron chi connectivity index (χ4n) is 3.93. The molecule has 0 aliphatic heterocycles. The van der Waals surface area contributed by atoms with Crippen LogP contribution < -0.4 is 15.6 Å². The lowest BCUT2D eigenvalue weighted by molar-refractivity contribution is 0.166. The summed E-state index contributed by atoms with van der Waals surface area (Å²) in [6, 6.07) is 17.3. The highest BCUT2D eigenvalue weighted by Gasteiger charge is 2.28. The highest BCUT2D eigenvalue weighted by molar-refractivity contribution is 5.78. The molecule has 0 saturated heterocycles. The minimum Gasteiger partial charge on any atom is -0.492 e. The van der Waals surface area contributed by atoms with E-state index in [0.717, 1.165) is 0 Å². The number of rotatable bonds is 8. The van der Waals surface area contributed by atoms with E-state index in [4.69, 9.17) is 14.1 Å². The van der Waals surface area contributed by atoms with Crippen molar-refractivity contribution in [1.82, 2.24) is 19.8 Å². The number of nitrogens with zero attached hydrogens (tertiary/aromatic N) is 3. The number of fused-ring (bicyclic) bond motifs is 1. The van der Waals surface area contributed by atoms with Crippen LogP contribution >= 0.6 is 0 Å². The Balaban J connectivity index is 1.93. The number of hydrogen-bond acceptors (Lipinski definition) is 5. The highest BCUT2D eigenvalue weighted by Crippen LogP contribution is 2.28. The molecule has 0 radical (unpaired) electrons. The first kappa shape index (κ1) is 23.1. The largest absolute Gasteiger partial charge is 0.492 e. The monoisotopic (exact) mass is 460 g/mol. The molecule has 1 N–H and O–H groups in total. The Kier molecular flexibility index (Phi) is 6.96. The third kappa shape index (κ3) is 4.52. The summed E-state index contributed by atoms with van der Waals surface area (Å²) < 4.78 is 12.9. The van der Waals surface area contributed by atoms with Gasteiger partial charge in [-0.2, -0.15) is 0 Å². The molecule has 2 amide bonds. The van der Waals surface area contributed by atoms with E-state index in [2.05, 4.69) is 5.32 Å². The lowest BCUT2D eigenvalue weighted by Gasteiger charge is -2.30. The molecule has 2 aromatic carbocycles. The second-order valence-corrected chi connectivity index (χ2v) is 7.75. The maximum atomic E-state index is 13.8.